The average molecular weight is 228 g/mol. The molecule has 1 atom stereocenters. The molecule has 2 heterocycles. The monoisotopic (exact) mass is 227 g/mol. The van der Waals surface area contributed by atoms with Crippen LogP contribution < -0.4 is 4.90 Å². The van der Waals surface area contributed by atoms with E-state index < -0.39 is 0 Å². The zero-order valence-electron chi connectivity index (χ0n) is 8.69. The van der Waals surface area contributed by atoms with Crippen LogP contribution in [0.5, 0.6) is 0 Å². The molecule has 1 aromatic heterocycles. The van der Waals surface area contributed by atoms with Gasteiger partial charge in [-0.3, -0.25) is 0 Å². The summed E-state index contributed by atoms with van der Waals surface area (Å²) in [7, 11) is 0. The van der Waals surface area contributed by atoms with Crippen LogP contribution in [-0.2, 0) is 4.74 Å². The molecule has 0 bridgehead atoms. The summed E-state index contributed by atoms with van der Waals surface area (Å²) in [4.78, 5) is 2.12. The minimum atomic E-state index is 0.0230. The van der Waals surface area contributed by atoms with Crippen molar-refractivity contribution >= 4 is 17.4 Å². The van der Waals surface area contributed by atoms with Gasteiger partial charge in [-0.2, -0.15) is 5.10 Å². The number of hydrogen-bond acceptors (Lipinski definition) is 4. The van der Waals surface area contributed by atoms with E-state index in [9.17, 15) is 0 Å². The van der Waals surface area contributed by atoms with Crippen LogP contribution in [0.2, 0.25) is 0 Å². The van der Waals surface area contributed by atoms with E-state index in [0.717, 1.165) is 24.5 Å². The molecule has 1 saturated heterocycles. The van der Waals surface area contributed by atoms with E-state index in [1.54, 1.807) is 6.20 Å². The molecule has 5 heteroatoms. The fraction of sp³-hybridized carbons (Fsp3) is 0.600. The predicted octanol–water partition coefficient (Wildman–Crippen LogP) is 1.23. The molecule has 1 fully saturated rings. The predicted molar refractivity (Wildman–Crippen MR) is 59.4 cm³/mol. The highest BCUT2D eigenvalue weighted by atomic mass is 35.5. The van der Waals surface area contributed by atoms with Gasteiger partial charge in [0.1, 0.15) is 0 Å². The number of hydrogen-bond donors (Lipinski definition) is 0. The number of aryl methyl sites for hydroxylation is 1. The Hall–Kier alpha value is -0.870. The number of ether oxygens (including phenoxy) is 1. The van der Waals surface area contributed by atoms with Crippen molar-refractivity contribution < 1.29 is 4.74 Å². The summed E-state index contributed by atoms with van der Waals surface area (Å²) < 4.78 is 5.37. The van der Waals surface area contributed by atoms with Crippen molar-refractivity contribution in [3.63, 3.8) is 0 Å². The van der Waals surface area contributed by atoms with E-state index in [1.165, 1.54) is 0 Å². The highest BCUT2D eigenvalue weighted by molar-refractivity contribution is 6.21. The van der Waals surface area contributed by atoms with E-state index in [-0.39, 0.29) is 5.38 Å². The summed E-state index contributed by atoms with van der Waals surface area (Å²) in [6, 6.07) is 2.02. The van der Waals surface area contributed by atoms with Crippen molar-refractivity contribution in [1.82, 2.24) is 10.2 Å². The molecule has 1 aliphatic rings. The Morgan fingerprint density at radius 3 is 3.27 bits per heavy atom. The molecule has 2 rings (SSSR count). The van der Waals surface area contributed by atoms with Gasteiger partial charge in [0.25, 0.3) is 0 Å². The van der Waals surface area contributed by atoms with Crippen molar-refractivity contribution in [3.05, 3.63) is 17.8 Å². The zero-order chi connectivity index (χ0) is 10.7. The maximum Gasteiger partial charge on any atom is 0.151 e. The van der Waals surface area contributed by atoms with Crippen molar-refractivity contribution in [3.8, 4) is 0 Å². The molecule has 1 aromatic rings. The Labute approximate surface area is 94.2 Å². The summed E-state index contributed by atoms with van der Waals surface area (Å²) in [5.41, 5.74) is 1.11. The minimum Gasteiger partial charge on any atom is -0.378 e. The molecule has 0 amide bonds. The van der Waals surface area contributed by atoms with Crippen LogP contribution in [0.4, 0.5) is 5.82 Å². The molecule has 15 heavy (non-hydrogen) atoms. The third-order valence-corrected chi connectivity index (χ3v) is 2.59. The number of aromatic nitrogens is 2. The first kappa shape index (κ1) is 10.6. The van der Waals surface area contributed by atoms with Gasteiger partial charge in [-0.1, -0.05) is 0 Å². The topological polar surface area (TPSA) is 38.2 Å². The fourth-order valence-corrected chi connectivity index (χ4v) is 1.84. The molecule has 0 radical (unpaired) electrons. The van der Waals surface area contributed by atoms with Gasteiger partial charge in [0.15, 0.2) is 5.82 Å². The molecular formula is C10H14ClN3O. The molecule has 0 aromatic carbocycles. The van der Waals surface area contributed by atoms with Crippen molar-refractivity contribution in [2.24, 2.45) is 0 Å². The Kier molecular flexibility index (Phi) is 3.38. The summed E-state index contributed by atoms with van der Waals surface area (Å²) in [5.74, 6) is 0.881. The summed E-state index contributed by atoms with van der Waals surface area (Å²) >= 11 is 6.09. The molecular weight excluding hydrogens is 214 g/mol. The van der Waals surface area contributed by atoms with E-state index in [4.69, 9.17) is 16.3 Å². The second kappa shape index (κ2) is 4.77. The van der Waals surface area contributed by atoms with Gasteiger partial charge < -0.3 is 9.64 Å². The van der Waals surface area contributed by atoms with Crippen molar-refractivity contribution in [1.29, 1.82) is 0 Å². The smallest absolute Gasteiger partial charge is 0.151 e. The average Bonchev–Trinajstić information content (AvgIpc) is 2.43. The lowest BCUT2D eigenvalue weighted by molar-refractivity contribution is 0.154. The highest BCUT2D eigenvalue weighted by Gasteiger charge is 2.17. The zero-order valence-corrected chi connectivity index (χ0v) is 9.44. The maximum atomic E-state index is 6.09. The van der Waals surface area contributed by atoms with E-state index in [2.05, 4.69) is 15.1 Å². The first-order chi connectivity index (χ1) is 7.25. The third kappa shape index (κ3) is 2.79. The molecule has 0 spiro atoms. The van der Waals surface area contributed by atoms with E-state index in [0.29, 0.717) is 13.2 Å². The van der Waals surface area contributed by atoms with Gasteiger partial charge in [0, 0.05) is 13.1 Å². The molecule has 4 nitrogen and oxygen atoms in total. The maximum absolute atomic E-state index is 6.09. The summed E-state index contributed by atoms with van der Waals surface area (Å²) in [5, 5.41) is 8.06. The van der Waals surface area contributed by atoms with Crippen molar-refractivity contribution in [2.75, 3.05) is 31.2 Å². The van der Waals surface area contributed by atoms with Gasteiger partial charge >= 0.3 is 0 Å². The molecule has 1 unspecified atom stereocenters. The lowest BCUT2D eigenvalue weighted by atomic mass is 10.3. The highest BCUT2D eigenvalue weighted by Crippen LogP contribution is 2.15. The Morgan fingerprint density at radius 2 is 2.47 bits per heavy atom. The fourth-order valence-electron chi connectivity index (χ4n) is 1.58. The van der Waals surface area contributed by atoms with Gasteiger partial charge in [0.05, 0.1) is 24.8 Å². The summed E-state index contributed by atoms with van der Waals surface area (Å²) in [6.45, 7) is 4.89. The lowest BCUT2D eigenvalue weighted by Crippen LogP contribution is -2.31. The van der Waals surface area contributed by atoms with Gasteiger partial charge in [0.2, 0.25) is 0 Å². The largest absolute Gasteiger partial charge is 0.378 e. The van der Waals surface area contributed by atoms with Crippen LogP contribution >= 0.6 is 11.6 Å². The normalized spacial score (nSPS) is 22.5. The number of anilines is 1. The SMILES string of the molecule is Cc1cnnc(N2CCOCC(Cl)C2)c1. The Bertz CT molecular complexity index is 334. The van der Waals surface area contributed by atoms with Gasteiger partial charge in [-0.25, -0.2) is 0 Å². The van der Waals surface area contributed by atoms with Crippen LogP contribution in [-0.4, -0.2) is 41.9 Å². The first-order valence-corrected chi connectivity index (χ1v) is 5.45. The van der Waals surface area contributed by atoms with Gasteiger partial charge in [-0.05, 0) is 18.6 Å². The van der Waals surface area contributed by atoms with Gasteiger partial charge in [-0.15, -0.1) is 16.7 Å². The van der Waals surface area contributed by atoms with Crippen LogP contribution in [0.25, 0.3) is 0 Å². The first-order valence-electron chi connectivity index (χ1n) is 5.02. The Morgan fingerprint density at radius 1 is 1.60 bits per heavy atom. The second-order valence-corrected chi connectivity index (χ2v) is 4.33. The van der Waals surface area contributed by atoms with Crippen molar-refractivity contribution in [2.45, 2.75) is 12.3 Å². The quantitative estimate of drug-likeness (QED) is 0.677. The lowest BCUT2D eigenvalue weighted by Gasteiger charge is -2.21. The van der Waals surface area contributed by atoms with Crippen LogP contribution in [0.15, 0.2) is 12.3 Å². The molecule has 0 N–H and O–H groups in total. The molecule has 1 aliphatic heterocycles. The molecule has 82 valence electrons. The standard InChI is InChI=1S/C10H14ClN3O/c1-8-4-10(13-12-5-8)14-2-3-15-7-9(11)6-14/h4-5,9H,2-3,6-7H2,1H3. The van der Waals surface area contributed by atoms with Crippen LogP contribution in [0.1, 0.15) is 5.56 Å². The minimum absolute atomic E-state index is 0.0230. The molecule has 0 aliphatic carbocycles. The number of alkyl halides is 1. The van der Waals surface area contributed by atoms with E-state index in [1.807, 2.05) is 13.0 Å². The van der Waals surface area contributed by atoms with Crippen LogP contribution in [0, 0.1) is 6.92 Å². The third-order valence-electron chi connectivity index (χ3n) is 2.33. The number of nitrogens with zero attached hydrogens (tertiary/aromatic N) is 3. The van der Waals surface area contributed by atoms with Crippen LogP contribution in [0.3, 0.4) is 0 Å². The summed E-state index contributed by atoms with van der Waals surface area (Å²) in [6.07, 6.45) is 1.75. The number of rotatable bonds is 1. The van der Waals surface area contributed by atoms with E-state index >= 15 is 0 Å². The molecule has 0 saturated carbocycles. The number of halogens is 1. The second-order valence-electron chi connectivity index (χ2n) is 3.71. The Balaban J connectivity index is 2.14.